The second kappa shape index (κ2) is 5.05. The highest BCUT2D eigenvalue weighted by Crippen LogP contribution is 2.35. The molecule has 1 aromatic carbocycles. The van der Waals surface area contributed by atoms with Gasteiger partial charge in [0.1, 0.15) is 11.7 Å². The molecule has 18 heavy (non-hydrogen) atoms. The minimum absolute atomic E-state index is 0.334. The van der Waals surface area contributed by atoms with E-state index in [1.54, 1.807) is 0 Å². The topological polar surface area (TPSA) is 29.5 Å². The fraction of sp³-hybridized carbons (Fsp3) is 0.400. The van der Waals surface area contributed by atoms with E-state index < -0.39 is 30.8 Å². The highest BCUT2D eigenvalue weighted by atomic mass is 19.4. The fourth-order valence-electron chi connectivity index (χ4n) is 1.30. The molecular formula is C10H8F6O2. The van der Waals surface area contributed by atoms with Gasteiger partial charge in [-0.2, -0.15) is 13.2 Å². The quantitative estimate of drug-likeness (QED) is 0.857. The summed E-state index contributed by atoms with van der Waals surface area (Å²) >= 11 is 0. The summed E-state index contributed by atoms with van der Waals surface area (Å²) in [6, 6.07) is 3.18. The van der Waals surface area contributed by atoms with E-state index >= 15 is 0 Å². The smallest absolute Gasteiger partial charge is 0.406 e. The van der Waals surface area contributed by atoms with Crippen molar-refractivity contribution in [2.45, 2.75) is 18.5 Å². The van der Waals surface area contributed by atoms with Crippen LogP contribution in [0.4, 0.5) is 26.3 Å². The van der Waals surface area contributed by atoms with E-state index in [1.165, 1.54) is 0 Å². The molecule has 0 saturated heterocycles. The lowest BCUT2D eigenvalue weighted by Gasteiger charge is -2.18. The van der Waals surface area contributed by atoms with Crippen molar-refractivity contribution in [3.8, 4) is 5.75 Å². The molecule has 2 nitrogen and oxygen atoms in total. The molecule has 1 atom stereocenters. The molecule has 0 heterocycles. The maximum absolute atomic E-state index is 12.4. The Morgan fingerprint density at radius 3 is 1.83 bits per heavy atom. The van der Waals surface area contributed by atoms with Crippen LogP contribution in [-0.4, -0.2) is 24.3 Å². The first-order valence-electron chi connectivity index (χ1n) is 4.67. The zero-order chi connectivity index (χ0) is 14.0. The van der Waals surface area contributed by atoms with E-state index in [0.717, 1.165) is 24.3 Å². The van der Waals surface area contributed by atoms with Crippen LogP contribution in [0.2, 0.25) is 0 Å². The number of benzene rings is 1. The van der Waals surface area contributed by atoms with Crippen molar-refractivity contribution in [1.82, 2.24) is 0 Å². The van der Waals surface area contributed by atoms with Crippen molar-refractivity contribution in [3.05, 3.63) is 29.8 Å². The van der Waals surface area contributed by atoms with Crippen molar-refractivity contribution in [3.63, 3.8) is 0 Å². The lowest BCUT2D eigenvalue weighted by Crippen LogP contribution is -2.24. The molecule has 1 N–H and O–H groups in total. The molecule has 0 unspecified atom stereocenters. The molecule has 0 amide bonds. The van der Waals surface area contributed by atoms with Crippen molar-refractivity contribution in [1.29, 1.82) is 0 Å². The van der Waals surface area contributed by atoms with Gasteiger partial charge in [-0.25, -0.2) is 0 Å². The van der Waals surface area contributed by atoms with E-state index in [0.29, 0.717) is 0 Å². The van der Waals surface area contributed by atoms with Crippen molar-refractivity contribution in [2.75, 3.05) is 6.61 Å². The van der Waals surface area contributed by atoms with Gasteiger partial charge in [0.25, 0.3) is 0 Å². The lowest BCUT2D eigenvalue weighted by atomic mass is 9.99. The van der Waals surface area contributed by atoms with Crippen molar-refractivity contribution < 1.29 is 36.2 Å². The van der Waals surface area contributed by atoms with E-state index in [1.807, 2.05) is 0 Å². The van der Waals surface area contributed by atoms with E-state index in [2.05, 4.69) is 4.74 Å². The predicted octanol–water partition coefficient (Wildman–Crippen LogP) is 3.22. The van der Waals surface area contributed by atoms with Gasteiger partial charge in [0, 0.05) is 0 Å². The van der Waals surface area contributed by atoms with Crippen LogP contribution >= 0.6 is 0 Å². The Hall–Kier alpha value is -1.44. The summed E-state index contributed by atoms with van der Waals surface area (Å²) in [4.78, 5) is 0. The molecule has 1 aromatic rings. The zero-order valence-electron chi connectivity index (χ0n) is 8.72. The normalized spacial score (nSPS) is 14.4. The second-order valence-electron chi connectivity index (χ2n) is 3.39. The predicted molar refractivity (Wildman–Crippen MR) is 49.0 cm³/mol. The molecule has 0 bridgehead atoms. The third kappa shape index (κ3) is 4.10. The van der Waals surface area contributed by atoms with Crippen LogP contribution in [-0.2, 0) is 0 Å². The number of alkyl halides is 6. The van der Waals surface area contributed by atoms with Crippen LogP contribution in [0.15, 0.2) is 24.3 Å². The van der Waals surface area contributed by atoms with Gasteiger partial charge in [0.05, 0.1) is 6.61 Å². The molecule has 0 spiro atoms. The Balaban J connectivity index is 2.88. The van der Waals surface area contributed by atoms with Gasteiger partial charge in [-0.3, -0.25) is 0 Å². The summed E-state index contributed by atoms with van der Waals surface area (Å²) in [5, 5.41) is 8.64. The standard InChI is InChI=1S/C10H8F6O2/c11-9(12,13)8(5-17)6-1-3-7(4-2-6)18-10(14,15)16/h1-4,8,17H,5H2/t8-/m1/s1. The largest absolute Gasteiger partial charge is 0.573 e. The molecule has 0 aliphatic carbocycles. The van der Waals surface area contributed by atoms with E-state index in [-0.39, 0.29) is 5.56 Å². The van der Waals surface area contributed by atoms with Crippen LogP contribution < -0.4 is 4.74 Å². The Morgan fingerprint density at radius 1 is 1.00 bits per heavy atom. The van der Waals surface area contributed by atoms with Crippen LogP contribution in [0.25, 0.3) is 0 Å². The van der Waals surface area contributed by atoms with Gasteiger partial charge in [-0.15, -0.1) is 13.2 Å². The maximum atomic E-state index is 12.4. The summed E-state index contributed by atoms with van der Waals surface area (Å²) < 4.78 is 76.2. The molecule has 1 rings (SSSR count). The second-order valence-corrected chi connectivity index (χ2v) is 3.39. The monoisotopic (exact) mass is 274 g/mol. The number of hydrogen-bond acceptors (Lipinski definition) is 2. The van der Waals surface area contributed by atoms with Gasteiger partial charge in [-0.05, 0) is 17.7 Å². The summed E-state index contributed by atoms with van der Waals surface area (Å²) in [6.07, 6.45) is -9.57. The van der Waals surface area contributed by atoms with Crippen molar-refractivity contribution in [2.24, 2.45) is 0 Å². The van der Waals surface area contributed by atoms with Crippen LogP contribution in [0, 0.1) is 0 Å². The molecule has 102 valence electrons. The SMILES string of the molecule is OC[C@H](c1ccc(OC(F)(F)F)cc1)C(F)(F)F. The Kier molecular flexibility index (Phi) is 4.10. The Morgan fingerprint density at radius 2 is 1.50 bits per heavy atom. The number of halogens is 6. The third-order valence-electron chi connectivity index (χ3n) is 2.09. The number of hydrogen-bond donors (Lipinski definition) is 1. The Bertz CT molecular complexity index is 381. The van der Waals surface area contributed by atoms with Crippen LogP contribution in [0.1, 0.15) is 11.5 Å². The molecular weight excluding hydrogens is 266 g/mol. The minimum Gasteiger partial charge on any atom is -0.406 e. The molecule has 0 aliphatic heterocycles. The van der Waals surface area contributed by atoms with Crippen molar-refractivity contribution >= 4 is 0 Å². The maximum Gasteiger partial charge on any atom is 0.573 e. The highest BCUT2D eigenvalue weighted by molar-refractivity contribution is 5.30. The average molecular weight is 274 g/mol. The molecule has 8 heteroatoms. The van der Waals surface area contributed by atoms with Gasteiger partial charge in [-0.1, -0.05) is 12.1 Å². The summed E-state index contributed by atoms with van der Waals surface area (Å²) in [5.41, 5.74) is -0.334. The number of rotatable bonds is 3. The minimum atomic E-state index is -4.90. The molecule has 0 fully saturated rings. The van der Waals surface area contributed by atoms with Gasteiger partial charge >= 0.3 is 12.5 Å². The van der Waals surface area contributed by atoms with E-state index in [9.17, 15) is 26.3 Å². The molecule has 0 aromatic heterocycles. The molecule has 0 saturated carbocycles. The number of ether oxygens (including phenoxy) is 1. The lowest BCUT2D eigenvalue weighted by molar-refractivity contribution is -0.274. The summed E-state index contributed by atoms with van der Waals surface area (Å²) in [7, 11) is 0. The van der Waals surface area contributed by atoms with Crippen LogP contribution in [0.3, 0.4) is 0 Å². The van der Waals surface area contributed by atoms with Gasteiger partial charge < -0.3 is 9.84 Å². The molecule has 0 radical (unpaired) electrons. The first-order chi connectivity index (χ1) is 8.13. The molecule has 0 aliphatic rings. The summed E-state index contributed by atoms with van der Waals surface area (Å²) in [5.74, 6) is -2.75. The Labute approximate surface area is 97.8 Å². The van der Waals surface area contributed by atoms with Gasteiger partial charge in [0.2, 0.25) is 0 Å². The zero-order valence-corrected chi connectivity index (χ0v) is 8.72. The number of aliphatic hydroxyl groups excluding tert-OH is 1. The first-order valence-corrected chi connectivity index (χ1v) is 4.67. The fourth-order valence-corrected chi connectivity index (χ4v) is 1.30. The number of aliphatic hydroxyl groups is 1. The summed E-state index contributed by atoms with van der Waals surface area (Å²) in [6.45, 7) is -1.18. The van der Waals surface area contributed by atoms with Gasteiger partial charge in [0.15, 0.2) is 0 Å². The average Bonchev–Trinajstić information content (AvgIpc) is 2.17. The van der Waals surface area contributed by atoms with E-state index in [4.69, 9.17) is 5.11 Å². The van der Waals surface area contributed by atoms with Crippen LogP contribution in [0.5, 0.6) is 5.75 Å². The highest BCUT2D eigenvalue weighted by Gasteiger charge is 2.40. The first kappa shape index (κ1) is 14.6. The third-order valence-corrected chi connectivity index (χ3v) is 2.09.